The van der Waals surface area contributed by atoms with Crippen LogP contribution in [0.3, 0.4) is 0 Å². The van der Waals surface area contributed by atoms with Crippen molar-refractivity contribution >= 4 is 23.5 Å². The molecular formula is C25H29FN2O5. The predicted molar refractivity (Wildman–Crippen MR) is 121 cm³/mol. The van der Waals surface area contributed by atoms with Crippen LogP contribution in [0.15, 0.2) is 42.5 Å². The largest absolute Gasteiger partial charge is 0.454 e. The van der Waals surface area contributed by atoms with Crippen LogP contribution in [0.2, 0.25) is 0 Å². The molecule has 2 unspecified atom stereocenters. The molecule has 0 spiro atoms. The molecule has 0 saturated carbocycles. The third-order valence-electron chi connectivity index (χ3n) is 5.78. The van der Waals surface area contributed by atoms with Gasteiger partial charge in [-0.15, -0.1) is 0 Å². The third-order valence-corrected chi connectivity index (χ3v) is 5.78. The Hall–Kier alpha value is -3.26. The summed E-state index contributed by atoms with van der Waals surface area (Å²) in [7, 11) is 0. The van der Waals surface area contributed by atoms with Gasteiger partial charge in [0.25, 0.3) is 5.91 Å². The Kier molecular flexibility index (Phi) is 8.16. The summed E-state index contributed by atoms with van der Waals surface area (Å²) in [5.41, 5.74) is 2.90. The highest BCUT2D eigenvalue weighted by atomic mass is 19.1. The van der Waals surface area contributed by atoms with Crippen LogP contribution in [-0.4, -0.2) is 53.1 Å². The Morgan fingerprint density at radius 3 is 2.33 bits per heavy atom. The highest BCUT2D eigenvalue weighted by Gasteiger charge is 2.40. The molecule has 8 heteroatoms. The van der Waals surface area contributed by atoms with Crippen molar-refractivity contribution in [3.63, 3.8) is 0 Å². The van der Waals surface area contributed by atoms with Gasteiger partial charge in [0.1, 0.15) is 11.9 Å². The third kappa shape index (κ3) is 5.96. The average molecular weight is 457 g/mol. The van der Waals surface area contributed by atoms with Crippen LogP contribution in [0.5, 0.6) is 0 Å². The summed E-state index contributed by atoms with van der Waals surface area (Å²) >= 11 is 0. The summed E-state index contributed by atoms with van der Waals surface area (Å²) in [6.45, 7) is 3.41. The second-order valence-corrected chi connectivity index (χ2v) is 8.03. The van der Waals surface area contributed by atoms with E-state index in [9.17, 15) is 23.9 Å². The van der Waals surface area contributed by atoms with E-state index in [2.05, 4.69) is 5.32 Å². The van der Waals surface area contributed by atoms with Crippen molar-refractivity contribution in [3.05, 3.63) is 65.0 Å². The lowest BCUT2D eigenvalue weighted by Crippen LogP contribution is -2.43. The lowest BCUT2D eigenvalue weighted by Gasteiger charge is -2.23. The van der Waals surface area contributed by atoms with Gasteiger partial charge in [0.15, 0.2) is 6.61 Å². The molecule has 1 heterocycles. The fourth-order valence-electron chi connectivity index (χ4n) is 4.03. The number of rotatable bonds is 8. The van der Waals surface area contributed by atoms with Crippen molar-refractivity contribution in [3.8, 4) is 0 Å². The van der Waals surface area contributed by atoms with Gasteiger partial charge in [-0.2, -0.15) is 0 Å². The van der Waals surface area contributed by atoms with Gasteiger partial charge in [-0.3, -0.25) is 9.59 Å². The van der Waals surface area contributed by atoms with Gasteiger partial charge in [-0.1, -0.05) is 50.2 Å². The number of likely N-dealkylation sites (tertiary alicyclic amines) is 1. The number of ether oxygens (including phenoxy) is 1. The Labute approximate surface area is 192 Å². The van der Waals surface area contributed by atoms with Gasteiger partial charge < -0.3 is 20.1 Å². The predicted octanol–water partition coefficient (Wildman–Crippen LogP) is 2.64. The number of anilines is 1. The van der Waals surface area contributed by atoms with Crippen LogP contribution in [0.4, 0.5) is 10.1 Å². The second-order valence-electron chi connectivity index (χ2n) is 8.03. The molecule has 176 valence electrons. The van der Waals surface area contributed by atoms with E-state index in [1.807, 2.05) is 32.0 Å². The zero-order chi connectivity index (χ0) is 24.0. The molecule has 1 fully saturated rings. The van der Waals surface area contributed by atoms with E-state index in [-0.39, 0.29) is 24.9 Å². The number of aryl methyl sites for hydroxylation is 2. The average Bonchev–Trinajstić information content (AvgIpc) is 3.21. The number of amides is 2. The molecule has 33 heavy (non-hydrogen) atoms. The quantitative estimate of drug-likeness (QED) is 0.596. The molecule has 7 nitrogen and oxygen atoms in total. The first-order valence-corrected chi connectivity index (χ1v) is 11.1. The minimum absolute atomic E-state index is 0.00210. The van der Waals surface area contributed by atoms with Crippen LogP contribution < -0.4 is 5.32 Å². The van der Waals surface area contributed by atoms with Gasteiger partial charge in [0.05, 0.1) is 12.5 Å². The molecule has 0 radical (unpaired) electrons. The van der Waals surface area contributed by atoms with Crippen molar-refractivity contribution in [2.45, 2.75) is 51.7 Å². The van der Waals surface area contributed by atoms with E-state index in [1.165, 1.54) is 23.1 Å². The number of para-hydroxylation sites is 1. The number of halogens is 1. The summed E-state index contributed by atoms with van der Waals surface area (Å²) in [5.74, 6) is -2.27. The van der Waals surface area contributed by atoms with Crippen LogP contribution in [0.25, 0.3) is 0 Å². The van der Waals surface area contributed by atoms with Crippen molar-refractivity contribution in [2.24, 2.45) is 0 Å². The van der Waals surface area contributed by atoms with Crippen molar-refractivity contribution in [1.29, 1.82) is 0 Å². The molecule has 0 aromatic heterocycles. The second kappa shape index (κ2) is 11.0. The highest BCUT2D eigenvalue weighted by Crippen LogP contribution is 2.23. The summed E-state index contributed by atoms with van der Waals surface area (Å²) in [6, 6.07) is 10.7. The van der Waals surface area contributed by atoms with Gasteiger partial charge in [0, 0.05) is 18.7 Å². The molecule has 2 atom stereocenters. The molecule has 0 aliphatic carbocycles. The lowest BCUT2D eigenvalue weighted by atomic mass is 10.0. The Bertz CT molecular complexity index is 1000. The number of benzene rings is 2. The Morgan fingerprint density at radius 2 is 1.70 bits per heavy atom. The van der Waals surface area contributed by atoms with Crippen LogP contribution in [0.1, 0.15) is 37.0 Å². The number of aliphatic hydroxyl groups excluding tert-OH is 1. The molecule has 1 saturated heterocycles. The van der Waals surface area contributed by atoms with Crippen molar-refractivity contribution < 1.29 is 28.6 Å². The first kappa shape index (κ1) is 24.4. The minimum Gasteiger partial charge on any atom is -0.454 e. The number of aliphatic hydroxyl groups is 1. The van der Waals surface area contributed by atoms with E-state index in [1.54, 1.807) is 6.07 Å². The molecule has 1 aliphatic rings. The maximum Gasteiger partial charge on any atom is 0.329 e. The summed E-state index contributed by atoms with van der Waals surface area (Å²) in [4.78, 5) is 39.0. The first-order valence-electron chi connectivity index (χ1n) is 11.1. The highest BCUT2D eigenvalue weighted by molar-refractivity contribution is 5.95. The van der Waals surface area contributed by atoms with Crippen LogP contribution in [0, 0.1) is 5.82 Å². The van der Waals surface area contributed by atoms with Gasteiger partial charge in [0.2, 0.25) is 5.91 Å². The molecule has 1 aliphatic heterocycles. The van der Waals surface area contributed by atoms with E-state index in [0.717, 1.165) is 29.7 Å². The normalized spacial score (nSPS) is 17.6. The fraction of sp³-hybridized carbons (Fsp3) is 0.400. The number of hydrogen-bond acceptors (Lipinski definition) is 5. The number of nitrogens with zero attached hydrogens (tertiary/aromatic N) is 1. The standard InChI is InChI=1S/C25H29FN2O5/c1-3-16-9-7-10-17(4-2)24(16)27-22(30)15-33-25(32)21-13-19(29)14-28(21)23(31)12-18-8-5-6-11-20(18)26/h5-11,19,21,29H,3-4,12-15H2,1-2H3,(H,27,30). The van der Waals surface area contributed by atoms with Gasteiger partial charge in [-0.05, 0) is 35.6 Å². The minimum atomic E-state index is -1.03. The van der Waals surface area contributed by atoms with E-state index < -0.39 is 42.4 Å². The zero-order valence-corrected chi connectivity index (χ0v) is 18.8. The van der Waals surface area contributed by atoms with Crippen molar-refractivity contribution in [2.75, 3.05) is 18.5 Å². The van der Waals surface area contributed by atoms with Crippen LogP contribution in [-0.2, 0) is 38.4 Å². The van der Waals surface area contributed by atoms with E-state index >= 15 is 0 Å². The molecule has 3 rings (SSSR count). The molecule has 2 amide bonds. The number of carbonyl (C=O) groups is 3. The number of esters is 1. The Balaban J connectivity index is 1.61. The summed E-state index contributed by atoms with van der Waals surface area (Å²) in [6.07, 6.45) is 0.341. The number of hydrogen-bond donors (Lipinski definition) is 2. The molecule has 2 aromatic carbocycles. The van der Waals surface area contributed by atoms with Crippen molar-refractivity contribution in [1.82, 2.24) is 4.90 Å². The topological polar surface area (TPSA) is 95.9 Å². The number of carbonyl (C=O) groups excluding carboxylic acids is 3. The molecule has 2 N–H and O–H groups in total. The molecular weight excluding hydrogens is 427 g/mol. The summed E-state index contributed by atoms with van der Waals surface area (Å²) < 4.78 is 19.1. The van der Waals surface area contributed by atoms with E-state index in [4.69, 9.17) is 4.74 Å². The van der Waals surface area contributed by atoms with E-state index in [0.29, 0.717) is 0 Å². The van der Waals surface area contributed by atoms with Gasteiger partial charge >= 0.3 is 5.97 Å². The maximum atomic E-state index is 13.9. The summed E-state index contributed by atoms with van der Waals surface area (Å²) in [5, 5.41) is 12.8. The SMILES string of the molecule is CCc1cccc(CC)c1NC(=O)COC(=O)C1CC(O)CN1C(=O)Cc1ccccc1F. The molecule has 0 bridgehead atoms. The monoisotopic (exact) mass is 456 g/mol. The zero-order valence-electron chi connectivity index (χ0n) is 18.8. The molecule has 2 aromatic rings. The number of nitrogens with one attached hydrogen (secondary N) is 1. The fourth-order valence-corrected chi connectivity index (χ4v) is 4.03. The smallest absolute Gasteiger partial charge is 0.329 e. The van der Waals surface area contributed by atoms with Crippen LogP contribution >= 0.6 is 0 Å². The van der Waals surface area contributed by atoms with Gasteiger partial charge in [-0.25, -0.2) is 9.18 Å². The Morgan fingerprint density at radius 1 is 1.06 bits per heavy atom. The maximum absolute atomic E-state index is 13.9. The number of β-amino-alcohol motifs (C(OH)–C–C–N with tert-alkyl or cyclic N) is 1. The first-order chi connectivity index (χ1) is 15.8. The lowest BCUT2D eigenvalue weighted by molar-refractivity contribution is -0.155.